The molecule has 9 aromatic carbocycles. The maximum Gasteiger partial charge on any atom is 0.0546 e. The third kappa shape index (κ3) is 4.64. The summed E-state index contributed by atoms with van der Waals surface area (Å²) in [7, 11) is 0. The van der Waals surface area contributed by atoms with Gasteiger partial charge in [-0.25, -0.2) is 0 Å². The van der Waals surface area contributed by atoms with Gasteiger partial charge in [0.05, 0.1) is 11.4 Å². The second-order valence-corrected chi connectivity index (χ2v) is 12.1. The maximum absolute atomic E-state index is 2.47. The van der Waals surface area contributed by atoms with E-state index in [0.29, 0.717) is 0 Å². The van der Waals surface area contributed by atoms with Crippen molar-refractivity contribution in [2.75, 3.05) is 4.90 Å². The topological polar surface area (TPSA) is 3.24 Å². The molecule has 0 aliphatic heterocycles. The Labute approximate surface area is 274 Å². The lowest BCUT2D eigenvalue weighted by molar-refractivity contribution is 1.32. The maximum atomic E-state index is 2.47. The fraction of sp³-hybridized carbons (Fsp3) is 0. The largest absolute Gasteiger partial charge is 0.309 e. The van der Waals surface area contributed by atoms with Crippen molar-refractivity contribution < 1.29 is 0 Å². The summed E-state index contributed by atoms with van der Waals surface area (Å²) in [4.78, 5) is 2.47. The van der Waals surface area contributed by atoms with Gasteiger partial charge in [-0.15, -0.1) is 0 Å². The van der Waals surface area contributed by atoms with Gasteiger partial charge in [0.1, 0.15) is 0 Å². The van der Waals surface area contributed by atoms with E-state index in [0.717, 1.165) is 17.1 Å². The number of benzene rings is 9. The fourth-order valence-corrected chi connectivity index (χ4v) is 7.22. The molecule has 0 unspecified atom stereocenters. The van der Waals surface area contributed by atoms with E-state index in [-0.39, 0.29) is 0 Å². The third-order valence-corrected chi connectivity index (χ3v) is 9.45. The highest BCUT2D eigenvalue weighted by Crippen LogP contribution is 2.46. The number of rotatable bonds is 5. The Hall–Kier alpha value is -6.18. The van der Waals surface area contributed by atoms with Crippen LogP contribution in [0.3, 0.4) is 0 Å². The van der Waals surface area contributed by atoms with Crippen LogP contribution in [0, 0.1) is 0 Å². The second kappa shape index (κ2) is 11.3. The Kier molecular flexibility index (Phi) is 6.54. The Morgan fingerprint density at radius 1 is 0.277 bits per heavy atom. The summed E-state index contributed by atoms with van der Waals surface area (Å²) in [6.07, 6.45) is 0. The molecule has 0 radical (unpaired) electrons. The molecule has 0 aliphatic carbocycles. The average molecular weight is 598 g/mol. The van der Waals surface area contributed by atoms with Crippen LogP contribution in [0.5, 0.6) is 0 Å². The molecule has 9 aromatic rings. The molecule has 0 aliphatic rings. The second-order valence-electron chi connectivity index (χ2n) is 12.1. The highest BCUT2D eigenvalue weighted by molar-refractivity contribution is 6.22. The van der Waals surface area contributed by atoms with Crippen LogP contribution in [-0.2, 0) is 0 Å². The highest BCUT2D eigenvalue weighted by atomic mass is 15.1. The van der Waals surface area contributed by atoms with Crippen LogP contribution in [-0.4, -0.2) is 0 Å². The van der Waals surface area contributed by atoms with E-state index in [4.69, 9.17) is 0 Å². The van der Waals surface area contributed by atoms with Crippen LogP contribution in [0.4, 0.5) is 17.1 Å². The quantitative estimate of drug-likeness (QED) is 0.178. The van der Waals surface area contributed by atoms with Gasteiger partial charge in [-0.3, -0.25) is 0 Å². The molecule has 0 aromatic heterocycles. The van der Waals surface area contributed by atoms with Crippen molar-refractivity contribution in [3.8, 4) is 22.3 Å². The van der Waals surface area contributed by atoms with Gasteiger partial charge in [-0.05, 0) is 78.8 Å². The first kappa shape index (κ1) is 27.2. The lowest BCUT2D eigenvalue weighted by atomic mass is 9.93. The molecule has 0 bridgehead atoms. The van der Waals surface area contributed by atoms with Crippen LogP contribution in [0.1, 0.15) is 0 Å². The predicted octanol–water partition coefficient (Wildman–Crippen LogP) is 13.1. The van der Waals surface area contributed by atoms with Crippen molar-refractivity contribution in [3.05, 3.63) is 188 Å². The summed E-state index contributed by atoms with van der Waals surface area (Å²) in [6.45, 7) is 0. The van der Waals surface area contributed by atoms with E-state index in [1.54, 1.807) is 0 Å². The minimum Gasteiger partial charge on any atom is -0.309 e. The Morgan fingerprint density at radius 2 is 0.809 bits per heavy atom. The normalized spacial score (nSPS) is 11.4. The van der Waals surface area contributed by atoms with E-state index < -0.39 is 0 Å². The molecular weight excluding hydrogens is 567 g/mol. The predicted molar refractivity (Wildman–Crippen MR) is 202 cm³/mol. The first-order valence-corrected chi connectivity index (χ1v) is 16.2. The Bertz CT molecular complexity index is 2550. The van der Waals surface area contributed by atoms with E-state index >= 15 is 0 Å². The van der Waals surface area contributed by atoms with Crippen molar-refractivity contribution in [1.82, 2.24) is 0 Å². The smallest absolute Gasteiger partial charge is 0.0546 e. The van der Waals surface area contributed by atoms with Gasteiger partial charge < -0.3 is 4.90 Å². The number of fused-ring (bicyclic) bond motifs is 6. The van der Waals surface area contributed by atoms with Crippen LogP contribution >= 0.6 is 0 Å². The highest BCUT2D eigenvalue weighted by Gasteiger charge is 2.21. The summed E-state index contributed by atoms with van der Waals surface area (Å²) in [6, 6.07) is 68.3. The molecule has 9 rings (SSSR count). The van der Waals surface area contributed by atoms with Gasteiger partial charge in [-0.2, -0.15) is 0 Å². The standard InChI is InChI=1S/C46H31N/c1-3-13-32(14-4-1)33-23-26-36(27-24-33)47(45-30-29-38(34-15-5-2-6-16-34)39-19-9-11-21-42(39)45)46-31-44-37-18-8-7-17-35(37)25-28-41(44)40-20-10-12-22-43(40)46/h1-31H. The molecule has 0 atom stereocenters. The Morgan fingerprint density at radius 3 is 1.53 bits per heavy atom. The van der Waals surface area contributed by atoms with Crippen molar-refractivity contribution in [1.29, 1.82) is 0 Å². The zero-order valence-electron chi connectivity index (χ0n) is 25.8. The zero-order valence-corrected chi connectivity index (χ0v) is 25.8. The van der Waals surface area contributed by atoms with Crippen LogP contribution in [0.25, 0.3) is 65.3 Å². The number of nitrogens with zero attached hydrogens (tertiary/aromatic N) is 1. The lowest BCUT2D eigenvalue weighted by Gasteiger charge is -2.29. The van der Waals surface area contributed by atoms with E-state index in [1.807, 2.05) is 0 Å². The molecule has 47 heavy (non-hydrogen) atoms. The zero-order chi connectivity index (χ0) is 31.2. The van der Waals surface area contributed by atoms with Gasteiger partial charge in [0, 0.05) is 16.5 Å². The average Bonchev–Trinajstić information content (AvgIpc) is 3.16. The molecule has 0 N–H and O–H groups in total. The molecule has 1 heteroatoms. The van der Waals surface area contributed by atoms with E-state index in [2.05, 4.69) is 193 Å². The minimum absolute atomic E-state index is 1.12. The van der Waals surface area contributed by atoms with Crippen LogP contribution in [0.15, 0.2) is 188 Å². The van der Waals surface area contributed by atoms with Gasteiger partial charge in [0.2, 0.25) is 0 Å². The summed E-state index contributed by atoms with van der Waals surface area (Å²) in [5.41, 5.74) is 8.30. The van der Waals surface area contributed by atoms with Crippen LogP contribution in [0.2, 0.25) is 0 Å². The lowest BCUT2D eigenvalue weighted by Crippen LogP contribution is -2.11. The minimum atomic E-state index is 1.12. The monoisotopic (exact) mass is 597 g/mol. The molecule has 0 spiro atoms. The summed E-state index contributed by atoms with van der Waals surface area (Å²) < 4.78 is 0. The molecular formula is C46H31N. The molecule has 0 fully saturated rings. The number of hydrogen-bond acceptors (Lipinski definition) is 1. The van der Waals surface area contributed by atoms with Crippen molar-refractivity contribution in [2.24, 2.45) is 0 Å². The van der Waals surface area contributed by atoms with Gasteiger partial charge >= 0.3 is 0 Å². The van der Waals surface area contributed by atoms with Crippen molar-refractivity contribution in [2.45, 2.75) is 0 Å². The van der Waals surface area contributed by atoms with Crippen molar-refractivity contribution >= 4 is 60.2 Å². The summed E-state index contributed by atoms with van der Waals surface area (Å²) in [5.74, 6) is 0. The molecule has 0 amide bonds. The molecule has 0 saturated heterocycles. The molecule has 0 saturated carbocycles. The summed E-state index contributed by atoms with van der Waals surface area (Å²) in [5, 5.41) is 9.96. The van der Waals surface area contributed by atoms with Gasteiger partial charge in [-0.1, -0.05) is 164 Å². The van der Waals surface area contributed by atoms with Crippen molar-refractivity contribution in [3.63, 3.8) is 0 Å². The van der Waals surface area contributed by atoms with Crippen LogP contribution < -0.4 is 4.90 Å². The fourth-order valence-electron chi connectivity index (χ4n) is 7.22. The summed E-state index contributed by atoms with van der Waals surface area (Å²) >= 11 is 0. The molecule has 1 nitrogen and oxygen atoms in total. The first-order valence-electron chi connectivity index (χ1n) is 16.2. The first-order chi connectivity index (χ1) is 23.3. The van der Waals surface area contributed by atoms with Gasteiger partial charge in [0.15, 0.2) is 0 Å². The van der Waals surface area contributed by atoms with Gasteiger partial charge in [0.25, 0.3) is 0 Å². The number of hydrogen-bond donors (Lipinski definition) is 0. The third-order valence-electron chi connectivity index (χ3n) is 9.45. The molecule has 0 heterocycles. The molecule has 220 valence electrons. The Balaban J connectivity index is 1.36. The SMILES string of the molecule is c1ccc(-c2ccc(N(c3ccc(-c4ccccc4)c4ccccc34)c3cc4c5ccccc5ccc4c4ccccc34)cc2)cc1. The van der Waals surface area contributed by atoms with E-state index in [1.165, 1.54) is 65.3 Å². The van der Waals surface area contributed by atoms with E-state index in [9.17, 15) is 0 Å². The number of anilines is 3.